The molecule has 0 saturated heterocycles. The summed E-state index contributed by atoms with van der Waals surface area (Å²) in [7, 11) is 1.78. The van der Waals surface area contributed by atoms with Crippen molar-refractivity contribution in [3.8, 4) is 0 Å². The lowest BCUT2D eigenvalue weighted by Crippen LogP contribution is -2.28. The second-order valence-electron chi connectivity index (χ2n) is 4.32. The van der Waals surface area contributed by atoms with Gasteiger partial charge in [-0.25, -0.2) is 9.59 Å². The summed E-state index contributed by atoms with van der Waals surface area (Å²) >= 11 is 3.19. The molecule has 0 fully saturated rings. The van der Waals surface area contributed by atoms with E-state index in [4.69, 9.17) is 5.11 Å². The third kappa shape index (κ3) is 4.06. The van der Waals surface area contributed by atoms with Crippen LogP contribution in [0.1, 0.15) is 15.9 Å². The molecule has 0 aliphatic heterocycles. The first-order valence-corrected chi connectivity index (χ1v) is 6.80. The fourth-order valence-corrected chi connectivity index (χ4v) is 2.08. The van der Waals surface area contributed by atoms with Crippen LogP contribution in [-0.4, -0.2) is 26.9 Å². The molecule has 1 aromatic carbocycles. The van der Waals surface area contributed by atoms with Crippen molar-refractivity contribution in [2.75, 3.05) is 5.32 Å². The van der Waals surface area contributed by atoms with Gasteiger partial charge in [-0.2, -0.15) is 5.10 Å². The number of rotatable bonds is 4. The van der Waals surface area contributed by atoms with E-state index in [-0.39, 0.29) is 11.3 Å². The molecule has 0 unspecified atom stereocenters. The third-order valence-corrected chi connectivity index (χ3v) is 3.16. The lowest BCUT2D eigenvalue weighted by Gasteiger charge is -2.09. The van der Waals surface area contributed by atoms with E-state index in [1.807, 2.05) is 0 Å². The smallest absolute Gasteiger partial charge is 0.337 e. The maximum absolute atomic E-state index is 11.8. The first-order valence-electron chi connectivity index (χ1n) is 6.01. The Hall–Kier alpha value is -2.35. The monoisotopic (exact) mass is 352 g/mol. The number of carboxylic acids is 1. The van der Waals surface area contributed by atoms with Crippen molar-refractivity contribution in [3.63, 3.8) is 0 Å². The summed E-state index contributed by atoms with van der Waals surface area (Å²) in [4.78, 5) is 22.9. The van der Waals surface area contributed by atoms with Gasteiger partial charge in [0.15, 0.2) is 0 Å². The summed E-state index contributed by atoms with van der Waals surface area (Å²) in [6.07, 6.45) is 3.42. The van der Waals surface area contributed by atoms with E-state index >= 15 is 0 Å². The van der Waals surface area contributed by atoms with E-state index in [9.17, 15) is 9.59 Å². The van der Waals surface area contributed by atoms with E-state index in [1.54, 1.807) is 30.2 Å². The lowest BCUT2D eigenvalue weighted by atomic mass is 10.2. The number of amides is 2. The van der Waals surface area contributed by atoms with Gasteiger partial charge in [0, 0.05) is 29.8 Å². The largest absolute Gasteiger partial charge is 0.478 e. The number of carbonyl (C=O) groups is 2. The third-order valence-electron chi connectivity index (χ3n) is 2.67. The number of hydrogen-bond donors (Lipinski definition) is 3. The van der Waals surface area contributed by atoms with Gasteiger partial charge in [0.1, 0.15) is 0 Å². The minimum Gasteiger partial charge on any atom is -0.478 e. The number of anilines is 1. The number of benzene rings is 1. The second-order valence-corrected chi connectivity index (χ2v) is 5.24. The van der Waals surface area contributed by atoms with Crippen molar-refractivity contribution in [1.82, 2.24) is 15.1 Å². The molecule has 8 heteroatoms. The number of urea groups is 1. The highest BCUT2D eigenvalue weighted by atomic mass is 79.9. The zero-order chi connectivity index (χ0) is 15.4. The van der Waals surface area contributed by atoms with Gasteiger partial charge < -0.3 is 15.7 Å². The average Bonchev–Trinajstić information content (AvgIpc) is 2.84. The van der Waals surface area contributed by atoms with Gasteiger partial charge in [0.2, 0.25) is 0 Å². The molecule has 0 radical (unpaired) electrons. The van der Waals surface area contributed by atoms with Gasteiger partial charge in [-0.1, -0.05) is 15.9 Å². The van der Waals surface area contributed by atoms with Crippen molar-refractivity contribution in [2.45, 2.75) is 6.54 Å². The molecule has 2 aromatic rings. The lowest BCUT2D eigenvalue weighted by molar-refractivity contribution is 0.0698. The molecule has 0 saturated carbocycles. The Bertz CT molecular complexity index is 684. The molecule has 0 atom stereocenters. The number of aryl methyl sites for hydroxylation is 1. The van der Waals surface area contributed by atoms with Crippen LogP contribution < -0.4 is 10.6 Å². The Morgan fingerprint density at radius 1 is 1.43 bits per heavy atom. The summed E-state index contributed by atoms with van der Waals surface area (Å²) < 4.78 is 2.26. The van der Waals surface area contributed by atoms with Gasteiger partial charge in [-0.3, -0.25) is 4.68 Å². The highest BCUT2D eigenvalue weighted by Gasteiger charge is 2.13. The summed E-state index contributed by atoms with van der Waals surface area (Å²) in [5.74, 6) is -1.11. The SMILES string of the molecule is Cn1cc(CNC(=O)Nc2ccc(Br)cc2C(=O)O)cn1. The first-order chi connectivity index (χ1) is 9.95. The van der Waals surface area contributed by atoms with Gasteiger partial charge in [0.05, 0.1) is 17.4 Å². The molecule has 21 heavy (non-hydrogen) atoms. The maximum atomic E-state index is 11.8. The van der Waals surface area contributed by atoms with E-state index in [0.29, 0.717) is 11.0 Å². The number of carboxylic acid groups (broad SMARTS) is 1. The fourth-order valence-electron chi connectivity index (χ4n) is 1.71. The van der Waals surface area contributed by atoms with Gasteiger partial charge in [0.25, 0.3) is 0 Å². The summed E-state index contributed by atoms with van der Waals surface area (Å²) in [6, 6.07) is 4.13. The van der Waals surface area contributed by atoms with Crippen LogP contribution in [0.25, 0.3) is 0 Å². The van der Waals surface area contributed by atoms with Crippen LogP contribution in [0.3, 0.4) is 0 Å². The molecule has 0 bridgehead atoms. The molecule has 3 N–H and O–H groups in total. The Morgan fingerprint density at radius 3 is 2.81 bits per heavy atom. The van der Waals surface area contributed by atoms with Crippen LogP contribution in [0, 0.1) is 0 Å². The Kier molecular flexibility index (Phi) is 4.59. The van der Waals surface area contributed by atoms with Crippen molar-refractivity contribution < 1.29 is 14.7 Å². The molecule has 0 aliphatic carbocycles. The van der Waals surface area contributed by atoms with Crippen molar-refractivity contribution >= 4 is 33.6 Å². The summed E-state index contributed by atoms with van der Waals surface area (Å²) in [5.41, 5.74) is 1.09. The van der Waals surface area contributed by atoms with Crippen LogP contribution in [0.2, 0.25) is 0 Å². The number of carbonyl (C=O) groups excluding carboxylic acids is 1. The van der Waals surface area contributed by atoms with E-state index in [2.05, 4.69) is 31.7 Å². The maximum Gasteiger partial charge on any atom is 0.337 e. The predicted molar refractivity (Wildman–Crippen MR) is 80.2 cm³/mol. The minimum absolute atomic E-state index is 0.0147. The number of aromatic carboxylic acids is 1. The number of nitrogens with one attached hydrogen (secondary N) is 2. The molecular weight excluding hydrogens is 340 g/mol. The van der Waals surface area contributed by atoms with Crippen LogP contribution in [-0.2, 0) is 13.6 Å². The quantitative estimate of drug-likeness (QED) is 0.785. The fraction of sp³-hybridized carbons (Fsp3) is 0.154. The molecule has 0 spiro atoms. The van der Waals surface area contributed by atoms with Crippen LogP contribution >= 0.6 is 15.9 Å². The van der Waals surface area contributed by atoms with E-state index < -0.39 is 12.0 Å². The Morgan fingerprint density at radius 2 is 2.19 bits per heavy atom. The number of hydrogen-bond acceptors (Lipinski definition) is 3. The zero-order valence-electron chi connectivity index (χ0n) is 11.1. The highest BCUT2D eigenvalue weighted by Crippen LogP contribution is 2.21. The molecule has 2 rings (SSSR count). The van der Waals surface area contributed by atoms with Gasteiger partial charge in [-0.15, -0.1) is 0 Å². The summed E-state index contributed by atoms with van der Waals surface area (Å²) in [6.45, 7) is 0.304. The second kappa shape index (κ2) is 6.40. The van der Waals surface area contributed by atoms with Crippen LogP contribution in [0.4, 0.5) is 10.5 Å². The predicted octanol–water partition coefficient (Wildman–Crippen LogP) is 2.20. The number of halogens is 1. The van der Waals surface area contributed by atoms with Crippen LogP contribution in [0.5, 0.6) is 0 Å². The molecule has 1 heterocycles. The summed E-state index contributed by atoms with van der Waals surface area (Å²) in [5, 5.41) is 18.2. The van der Waals surface area contributed by atoms with Crippen LogP contribution in [0.15, 0.2) is 35.1 Å². The average molecular weight is 353 g/mol. The van der Waals surface area contributed by atoms with Gasteiger partial charge >= 0.3 is 12.0 Å². The van der Waals surface area contributed by atoms with Crippen molar-refractivity contribution in [1.29, 1.82) is 0 Å². The topological polar surface area (TPSA) is 96.2 Å². The first kappa shape index (κ1) is 15.0. The van der Waals surface area contributed by atoms with E-state index in [1.165, 1.54) is 12.1 Å². The Labute approximate surface area is 129 Å². The van der Waals surface area contributed by atoms with Gasteiger partial charge in [-0.05, 0) is 18.2 Å². The molecular formula is C13H13BrN4O3. The number of aromatic nitrogens is 2. The highest BCUT2D eigenvalue weighted by molar-refractivity contribution is 9.10. The zero-order valence-corrected chi connectivity index (χ0v) is 12.7. The molecule has 1 aromatic heterocycles. The van der Waals surface area contributed by atoms with Crippen molar-refractivity contribution in [2.24, 2.45) is 7.05 Å². The molecule has 0 aliphatic rings. The normalized spacial score (nSPS) is 10.2. The molecule has 7 nitrogen and oxygen atoms in total. The minimum atomic E-state index is -1.11. The molecule has 110 valence electrons. The van der Waals surface area contributed by atoms with Crippen molar-refractivity contribution in [3.05, 3.63) is 46.2 Å². The van der Waals surface area contributed by atoms with E-state index in [0.717, 1.165) is 5.56 Å². The standard InChI is InChI=1S/C13H13BrN4O3/c1-18-7-8(6-16-18)5-15-13(21)17-11-3-2-9(14)4-10(11)12(19)20/h2-4,6-7H,5H2,1H3,(H,19,20)(H2,15,17,21). The Balaban J connectivity index is 2.01. The number of nitrogens with zero attached hydrogens (tertiary/aromatic N) is 2. The molecule has 2 amide bonds.